The highest BCUT2D eigenvalue weighted by Gasteiger charge is 2.08. The summed E-state index contributed by atoms with van der Waals surface area (Å²) in [6.07, 6.45) is 7.98. The Bertz CT molecular complexity index is 330. The molecule has 0 heterocycles. The minimum Gasteiger partial charge on any atom is -0.490 e. The third-order valence-electron chi connectivity index (χ3n) is 2.57. The molecule has 0 amide bonds. The van der Waals surface area contributed by atoms with Gasteiger partial charge < -0.3 is 10.5 Å². The van der Waals surface area contributed by atoms with E-state index < -0.39 is 0 Å². The second kappa shape index (κ2) is 7.55. The molecule has 1 aromatic rings. The Balaban J connectivity index is 2.53. The molecule has 1 rings (SSSR count). The van der Waals surface area contributed by atoms with Crippen LogP contribution >= 0.6 is 0 Å². The Morgan fingerprint density at radius 1 is 1.06 bits per heavy atom. The van der Waals surface area contributed by atoms with Gasteiger partial charge in [0.05, 0.1) is 6.10 Å². The molecule has 0 saturated heterocycles. The molecule has 2 heteroatoms. The Labute approximate surface area is 104 Å². The van der Waals surface area contributed by atoms with Gasteiger partial charge in [-0.2, -0.15) is 0 Å². The lowest BCUT2D eigenvalue weighted by Crippen LogP contribution is -2.16. The molecule has 0 aliphatic heterocycles. The van der Waals surface area contributed by atoms with E-state index in [-0.39, 0.29) is 6.10 Å². The fraction of sp³-hybridized carbons (Fsp3) is 0.333. The molecular weight excluding hydrogens is 210 g/mol. The van der Waals surface area contributed by atoms with Crippen LogP contribution in [0.4, 0.5) is 5.69 Å². The van der Waals surface area contributed by atoms with Crippen molar-refractivity contribution in [1.82, 2.24) is 0 Å². The Morgan fingerprint density at radius 3 is 2.06 bits per heavy atom. The predicted octanol–water partition coefficient (Wildman–Crippen LogP) is 3.95. The van der Waals surface area contributed by atoms with Gasteiger partial charge in [-0.3, -0.25) is 0 Å². The summed E-state index contributed by atoms with van der Waals surface area (Å²) in [7, 11) is 0. The van der Waals surface area contributed by atoms with Crippen LogP contribution in [0.1, 0.15) is 25.7 Å². The zero-order chi connectivity index (χ0) is 12.5. The number of hydrogen-bond donors (Lipinski definition) is 1. The number of allylic oxidation sites excluding steroid dienone is 2. The van der Waals surface area contributed by atoms with Crippen LogP contribution in [0.5, 0.6) is 5.75 Å². The topological polar surface area (TPSA) is 35.2 Å². The highest BCUT2D eigenvalue weighted by atomic mass is 16.5. The molecule has 2 N–H and O–H groups in total. The van der Waals surface area contributed by atoms with Gasteiger partial charge in [0.15, 0.2) is 0 Å². The predicted molar refractivity (Wildman–Crippen MR) is 74.1 cm³/mol. The normalized spacial score (nSPS) is 10.2. The molecule has 1 aromatic carbocycles. The van der Waals surface area contributed by atoms with Crippen LogP contribution in [0.2, 0.25) is 0 Å². The number of hydrogen-bond acceptors (Lipinski definition) is 2. The van der Waals surface area contributed by atoms with Gasteiger partial charge in [0.25, 0.3) is 0 Å². The van der Waals surface area contributed by atoms with Crippen molar-refractivity contribution in [2.75, 3.05) is 5.73 Å². The summed E-state index contributed by atoms with van der Waals surface area (Å²) in [6, 6.07) is 7.52. The maximum Gasteiger partial charge on any atom is 0.119 e. The lowest BCUT2D eigenvalue weighted by Gasteiger charge is -2.18. The number of rotatable bonds is 8. The van der Waals surface area contributed by atoms with Crippen LogP contribution in [-0.4, -0.2) is 6.10 Å². The van der Waals surface area contributed by atoms with Crippen LogP contribution in [0, 0.1) is 0 Å². The summed E-state index contributed by atoms with van der Waals surface area (Å²) >= 11 is 0. The van der Waals surface area contributed by atoms with Gasteiger partial charge in [-0.1, -0.05) is 12.2 Å². The van der Waals surface area contributed by atoms with Crippen LogP contribution in [0.25, 0.3) is 0 Å². The first-order chi connectivity index (χ1) is 8.26. The van der Waals surface area contributed by atoms with Gasteiger partial charge in [-0.05, 0) is 49.9 Å². The largest absolute Gasteiger partial charge is 0.490 e. The quantitative estimate of drug-likeness (QED) is 0.543. The Hall–Kier alpha value is -1.70. The molecule has 17 heavy (non-hydrogen) atoms. The minimum atomic E-state index is 0.217. The molecule has 0 aliphatic rings. The number of nitrogen functional groups attached to an aromatic ring is 1. The lowest BCUT2D eigenvalue weighted by atomic mass is 10.1. The Kier molecular flexibility index (Phi) is 5.94. The van der Waals surface area contributed by atoms with Crippen LogP contribution in [0.15, 0.2) is 49.6 Å². The second-order valence-corrected chi connectivity index (χ2v) is 4.04. The SMILES string of the molecule is C=CCCC(CCC=C)Oc1ccc(N)cc1. The highest BCUT2D eigenvalue weighted by molar-refractivity contribution is 5.41. The maximum absolute atomic E-state index is 5.92. The number of benzene rings is 1. The summed E-state index contributed by atoms with van der Waals surface area (Å²) in [5, 5.41) is 0. The monoisotopic (exact) mass is 231 g/mol. The molecule has 0 bridgehead atoms. The van der Waals surface area contributed by atoms with E-state index in [9.17, 15) is 0 Å². The zero-order valence-corrected chi connectivity index (χ0v) is 10.3. The first kappa shape index (κ1) is 13.4. The standard InChI is InChI=1S/C15H21NO/c1-3-5-7-14(8-6-4-2)17-15-11-9-13(16)10-12-15/h3-4,9-12,14H,1-2,5-8,16H2. The van der Waals surface area contributed by atoms with Crippen molar-refractivity contribution in [2.45, 2.75) is 31.8 Å². The summed E-state index contributed by atoms with van der Waals surface area (Å²) in [6.45, 7) is 7.48. The first-order valence-corrected chi connectivity index (χ1v) is 6.00. The van der Waals surface area contributed by atoms with Gasteiger partial charge >= 0.3 is 0 Å². The summed E-state index contributed by atoms with van der Waals surface area (Å²) in [5.41, 5.74) is 6.39. The van der Waals surface area contributed by atoms with Crippen molar-refractivity contribution >= 4 is 5.69 Å². The number of nitrogens with two attached hydrogens (primary N) is 1. The summed E-state index contributed by atoms with van der Waals surface area (Å²) in [4.78, 5) is 0. The van der Waals surface area contributed by atoms with Crippen molar-refractivity contribution in [3.8, 4) is 5.75 Å². The third-order valence-corrected chi connectivity index (χ3v) is 2.57. The molecule has 92 valence electrons. The minimum absolute atomic E-state index is 0.217. The molecule has 0 radical (unpaired) electrons. The van der Waals surface area contributed by atoms with E-state index >= 15 is 0 Å². The molecule has 0 fully saturated rings. The van der Waals surface area contributed by atoms with Crippen molar-refractivity contribution in [3.63, 3.8) is 0 Å². The van der Waals surface area contributed by atoms with E-state index in [2.05, 4.69) is 13.2 Å². The number of ether oxygens (including phenoxy) is 1. The molecule has 0 spiro atoms. The smallest absolute Gasteiger partial charge is 0.119 e. The molecule has 0 unspecified atom stereocenters. The van der Waals surface area contributed by atoms with E-state index in [4.69, 9.17) is 10.5 Å². The van der Waals surface area contributed by atoms with Gasteiger partial charge in [0.1, 0.15) is 5.75 Å². The molecule has 0 saturated carbocycles. The van der Waals surface area contributed by atoms with E-state index in [1.165, 1.54) is 0 Å². The van der Waals surface area contributed by atoms with Gasteiger partial charge in [-0.25, -0.2) is 0 Å². The molecule has 0 atom stereocenters. The zero-order valence-electron chi connectivity index (χ0n) is 10.3. The van der Waals surface area contributed by atoms with Crippen LogP contribution in [0.3, 0.4) is 0 Å². The van der Waals surface area contributed by atoms with Gasteiger partial charge in [-0.15, -0.1) is 13.2 Å². The molecule has 2 nitrogen and oxygen atoms in total. The van der Waals surface area contributed by atoms with E-state index in [1.54, 1.807) is 0 Å². The van der Waals surface area contributed by atoms with Gasteiger partial charge in [0.2, 0.25) is 0 Å². The number of anilines is 1. The average molecular weight is 231 g/mol. The first-order valence-electron chi connectivity index (χ1n) is 6.00. The van der Waals surface area contributed by atoms with Crippen LogP contribution < -0.4 is 10.5 Å². The summed E-state index contributed by atoms with van der Waals surface area (Å²) in [5.74, 6) is 0.873. The van der Waals surface area contributed by atoms with Crippen molar-refractivity contribution < 1.29 is 4.74 Å². The Morgan fingerprint density at radius 2 is 1.59 bits per heavy atom. The third kappa shape index (κ3) is 5.25. The molecule has 0 aliphatic carbocycles. The fourth-order valence-electron chi connectivity index (χ4n) is 1.61. The highest BCUT2D eigenvalue weighted by Crippen LogP contribution is 2.19. The molecule has 0 aromatic heterocycles. The average Bonchev–Trinajstić information content (AvgIpc) is 2.35. The van der Waals surface area contributed by atoms with Gasteiger partial charge in [0, 0.05) is 5.69 Å². The molecular formula is C15H21NO. The van der Waals surface area contributed by atoms with E-state index in [1.807, 2.05) is 36.4 Å². The second-order valence-electron chi connectivity index (χ2n) is 4.04. The lowest BCUT2D eigenvalue weighted by molar-refractivity contribution is 0.183. The fourth-order valence-corrected chi connectivity index (χ4v) is 1.61. The summed E-state index contributed by atoms with van der Waals surface area (Å²) < 4.78 is 5.92. The van der Waals surface area contributed by atoms with E-state index in [0.717, 1.165) is 37.1 Å². The maximum atomic E-state index is 5.92. The van der Waals surface area contributed by atoms with Crippen molar-refractivity contribution in [3.05, 3.63) is 49.6 Å². The van der Waals surface area contributed by atoms with Crippen molar-refractivity contribution in [1.29, 1.82) is 0 Å². The van der Waals surface area contributed by atoms with E-state index in [0.29, 0.717) is 0 Å². The van der Waals surface area contributed by atoms with Crippen molar-refractivity contribution in [2.24, 2.45) is 0 Å². The van der Waals surface area contributed by atoms with Crippen LogP contribution in [-0.2, 0) is 0 Å².